The van der Waals surface area contributed by atoms with Crippen LogP contribution in [0.4, 0.5) is 13.2 Å². The van der Waals surface area contributed by atoms with Crippen LogP contribution in [0.15, 0.2) is 40.0 Å². The molecular weight excluding hydrogens is 331 g/mol. The molecule has 8 nitrogen and oxygen atoms in total. The number of aromatic amines is 2. The second-order valence-corrected chi connectivity index (χ2v) is 4.94. The second kappa shape index (κ2) is 7.25. The molecule has 24 heavy (non-hydrogen) atoms. The molecule has 0 fully saturated rings. The Hall–Kier alpha value is -2.69. The largest absolute Gasteiger partial charge is 0.494 e. The summed E-state index contributed by atoms with van der Waals surface area (Å²) in [5.41, 5.74) is 4.53. The van der Waals surface area contributed by atoms with Crippen LogP contribution >= 0.6 is 0 Å². The van der Waals surface area contributed by atoms with Crippen LogP contribution in [0.25, 0.3) is 0 Å². The summed E-state index contributed by atoms with van der Waals surface area (Å²) in [5.74, 6) is 0.0994. The Morgan fingerprint density at radius 3 is 2.58 bits per heavy atom. The maximum absolute atomic E-state index is 12.3. The van der Waals surface area contributed by atoms with E-state index >= 15 is 0 Å². The SMILES string of the molecule is NC(/C=C(/OCCC(F)(F)F)C1NC=CN1)c1c[nH]c(=O)[nH]c1=O. The molecule has 0 bridgehead atoms. The van der Waals surface area contributed by atoms with Gasteiger partial charge in [-0.15, -0.1) is 0 Å². The van der Waals surface area contributed by atoms with E-state index in [4.69, 9.17) is 10.5 Å². The number of hydrogen-bond acceptors (Lipinski definition) is 6. The summed E-state index contributed by atoms with van der Waals surface area (Å²) in [6.07, 6.45) is -0.545. The molecule has 0 saturated heterocycles. The minimum Gasteiger partial charge on any atom is -0.494 e. The molecule has 0 aliphatic carbocycles. The first-order chi connectivity index (χ1) is 11.3. The Balaban J connectivity index is 2.16. The summed E-state index contributed by atoms with van der Waals surface area (Å²) < 4.78 is 41.9. The Kier molecular flexibility index (Phi) is 5.34. The Bertz CT molecular complexity index is 729. The van der Waals surface area contributed by atoms with E-state index in [1.54, 1.807) is 12.4 Å². The summed E-state index contributed by atoms with van der Waals surface area (Å²) >= 11 is 0. The standard InChI is InChI=1S/C13H16F3N5O3/c14-13(15,16)1-4-24-9(10-18-2-3-19-10)5-8(17)7-6-20-12(23)21-11(7)22/h2-3,5-6,8,10,18-19H,1,4,17H2,(H2,20,21,22,23)/b9-5+. The zero-order valence-corrected chi connectivity index (χ0v) is 12.3. The molecule has 0 saturated carbocycles. The smallest absolute Gasteiger partial charge is 0.392 e. The van der Waals surface area contributed by atoms with Crippen molar-refractivity contribution in [2.45, 2.75) is 24.8 Å². The van der Waals surface area contributed by atoms with Crippen LogP contribution < -0.4 is 27.6 Å². The average molecular weight is 347 g/mol. The van der Waals surface area contributed by atoms with Crippen molar-refractivity contribution in [2.24, 2.45) is 5.73 Å². The molecule has 132 valence electrons. The fourth-order valence-electron chi connectivity index (χ4n) is 1.95. The lowest BCUT2D eigenvalue weighted by molar-refractivity contribution is -0.142. The average Bonchev–Trinajstić information content (AvgIpc) is 2.98. The van der Waals surface area contributed by atoms with Crippen molar-refractivity contribution < 1.29 is 17.9 Å². The predicted octanol–water partition coefficient (Wildman–Crippen LogP) is -0.0940. The monoisotopic (exact) mass is 347 g/mol. The van der Waals surface area contributed by atoms with E-state index in [2.05, 4.69) is 15.6 Å². The molecule has 11 heteroatoms. The van der Waals surface area contributed by atoms with Crippen molar-refractivity contribution in [1.29, 1.82) is 0 Å². The van der Waals surface area contributed by atoms with E-state index in [1.165, 1.54) is 6.08 Å². The number of ether oxygens (including phenoxy) is 1. The van der Waals surface area contributed by atoms with E-state index in [0.717, 1.165) is 6.20 Å². The summed E-state index contributed by atoms with van der Waals surface area (Å²) in [6, 6.07) is -0.990. The molecule has 0 radical (unpaired) electrons. The quantitative estimate of drug-likeness (QED) is 0.458. The molecule has 2 heterocycles. The van der Waals surface area contributed by atoms with Crippen molar-refractivity contribution in [3.63, 3.8) is 0 Å². The molecule has 1 aromatic heterocycles. The van der Waals surface area contributed by atoms with Crippen LogP contribution in [0.1, 0.15) is 18.0 Å². The molecule has 1 aliphatic heterocycles. The summed E-state index contributed by atoms with van der Waals surface area (Å²) in [7, 11) is 0. The summed E-state index contributed by atoms with van der Waals surface area (Å²) in [5, 5.41) is 5.64. The second-order valence-electron chi connectivity index (χ2n) is 4.94. The highest BCUT2D eigenvalue weighted by atomic mass is 19.4. The number of halogens is 3. The van der Waals surface area contributed by atoms with Gasteiger partial charge < -0.3 is 26.1 Å². The maximum Gasteiger partial charge on any atom is 0.392 e. The van der Waals surface area contributed by atoms with Gasteiger partial charge in [0.2, 0.25) is 0 Å². The molecule has 1 aromatic rings. The molecular formula is C13H16F3N5O3. The van der Waals surface area contributed by atoms with Crippen LogP contribution in [0, 0.1) is 0 Å². The van der Waals surface area contributed by atoms with Crippen LogP contribution in [0.2, 0.25) is 0 Å². The molecule has 0 aromatic carbocycles. The third-order valence-electron chi connectivity index (χ3n) is 3.10. The highest BCUT2D eigenvalue weighted by Crippen LogP contribution is 2.21. The third kappa shape index (κ3) is 4.91. The van der Waals surface area contributed by atoms with Gasteiger partial charge in [-0.3, -0.25) is 9.78 Å². The molecule has 1 atom stereocenters. The highest BCUT2D eigenvalue weighted by molar-refractivity contribution is 5.20. The molecule has 1 aliphatic rings. The van der Waals surface area contributed by atoms with Crippen LogP contribution in [-0.2, 0) is 4.74 Å². The lowest BCUT2D eigenvalue weighted by Gasteiger charge is -2.20. The predicted molar refractivity (Wildman–Crippen MR) is 78.5 cm³/mol. The van der Waals surface area contributed by atoms with Crippen molar-refractivity contribution in [3.8, 4) is 0 Å². The lowest BCUT2D eigenvalue weighted by atomic mass is 10.1. The summed E-state index contributed by atoms with van der Waals surface area (Å²) in [6.45, 7) is -0.593. The van der Waals surface area contributed by atoms with Gasteiger partial charge in [-0.2, -0.15) is 13.2 Å². The van der Waals surface area contributed by atoms with Gasteiger partial charge in [-0.1, -0.05) is 0 Å². The van der Waals surface area contributed by atoms with Crippen molar-refractivity contribution in [3.05, 3.63) is 56.8 Å². The molecule has 0 amide bonds. The topological polar surface area (TPSA) is 125 Å². The third-order valence-corrected chi connectivity index (χ3v) is 3.10. The minimum absolute atomic E-state index is 0.0393. The van der Waals surface area contributed by atoms with Gasteiger partial charge in [0.15, 0.2) is 6.17 Å². The molecule has 6 N–H and O–H groups in total. The number of hydrogen-bond donors (Lipinski definition) is 5. The van der Waals surface area contributed by atoms with Crippen LogP contribution in [-0.4, -0.2) is 28.9 Å². The first kappa shape index (κ1) is 17.7. The Labute approximate surface area is 133 Å². The first-order valence-corrected chi connectivity index (χ1v) is 6.92. The fourth-order valence-corrected chi connectivity index (χ4v) is 1.95. The van der Waals surface area contributed by atoms with Gasteiger partial charge in [0.25, 0.3) is 5.56 Å². The molecule has 1 unspecified atom stereocenters. The van der Waals surface area contributed by atoms with Gasteiger partial charge in [-0.25, -0.2) is 4.79 Å². The molecule has 2 rings (SSSR count). The zero-order chi connectivity index (χ0) is 17.7. The maximum atomic E-state index is 12.3. The van der Waals surface area contributed by atoms with Gasteiger partial charge in [0.1, 0.15) is 5.76 Å². The van der Waals surface area contributed by atoms with E-state index in [-0.39, 0.29) is 11.3 Å². The number of nitrogens with two attached hydrogens (primary N) is 1. The lowest BCUT2D eigenvalue weighted by Crippen LogP contribution is -2.35. The van der Waals surface area contributed by atoms with Crippen molar-refractivity contribution in [2.75, 3.05) is 6.61 Å². The van der Waals surface area contributed by atoms with E-state index in [0.29, 0.717) is 0 Å². The minimum atomic E-state index is -4.35. The van der Waals surface area contributed by atoms with Crippen molar-refractivity contribution >= 4 is 0 Å². The van der Waals surface area contributed by atoms with Gasteiger partial charge in [0.05, 0.1) is 24.6 Å². The first-order valence-electron chi connectivity index (χ1n) is 6.92. The number of alkyl halides is 3. The van der Waals surface area contributed by atoms with Crippen LogP contribution in [0.3, 0.4) is 0 Å². The Morgan fingerprint density at radius 2 is 2.00 bits per heavy atom. The van der Waals surface area contributed by atoms with Gasteiger partial charge in [0, 0.05) is 18.6 Å². The number of rotatable bonds is 6. The normalized spacial score (nSPS) is 16.6. The Morgan fingerprint density at radius 1 is 1.33 bits per heavy atom. The van der Waals surface area contributed by atoms with Crippen LogP contribution in [0.5, 0.6) is 0 Å². The number of nitrogens with one attached hydrogen (secondary N) is 4. The van der Waals surface area contributed by atoms with E-state index in [1.807, 2.05) is 4.98 Å². The number of aromatic nitrogens is 2. The molecule has 0 spiro atoms. The number of H-pyrrole nitrogens is 2. The summed E-state index contributed by atoms with van der Waals surface area (Å²) in [4.78, 5) is 27.0. The van der Waals surface area contributed by atoms with Crippen molar-refractivity contribution in [1.82, 2.24) is 20.6 Å². The fraction of sp³-hybridized carbons (Fsp3) is 0.385. The van der Waals surface area contributed by atoms with E-state index in [9.17, 15) is 22.8 Å². The van der Waals surface area contributed by atoms with Gasteiger partial charge in [-0.05, 0) is 6.08 Å². The van der Waals surface area contributed by atoms with E-state index < -0.39 is 42.7 Å². The highest BCUT2D eigenvalue weighted by Gasteiger charge is 2.28. The zero-order valence-electron chi connectivity index (χ0n) is 12.3. The van der Waals surface area contributed by atoms with Gasteiger partial charge >= 0.3 is 11.9 Å².